The maximum Gasteiger partial charge on any atom is 0.307 e. The van der Waals surface area contributed by atoms with E-state index in [1.54, 1.807) is 0 Å². The Hall–Kier alpha value is -1.10. The minimum Gasteiger partial charge on any atom is -0.481 e. The molecule has 1 saturated heterocycles. The van der Waals surface area contributed by atoms with Gasteiger partial charge in [-0.25, -0.2) is 0 Å². The third-order valence-electron chi connectivity index (χ3n) is 4.75. The number of aliphatic carboxylic acids is 1. The molecule has 5 heteroatoms. The Bertz CT molecular complexity index is 389. The van der Waals surface area contributed by atoms with E-state index in [0.29, 0.717) is 0 Å². The number of hydrogen-bond acceptors (Lipinski definition) is 3. The van der Waals surface area contributed by atoms with Crippen molar-refractivity contribution < 1.29 is 14.7 Å². The van der Waals surface area contributed by atoms with Crippen molar-refractivity contribution in [1.29, 1.82) is 0 Å². The quantitative estimate of drug-likeness (QED) is 0.798. The largest absolute Gasteiger partial charge is 0.481 e. The van der Waals surface area contributed by atoms with Crippen LogP contribution in [0, 0.1) is 17.3 Å². The maximum absolute atomic E-state index is 12.2. The maximum atomic E-state index is 12.2. The highest BCUT2D eigenvalue weighted by atomic mass is 16.4. The van der Waals surface area contributed by atoms with E-state index in [0.717, 1.165) is 19.6 Å². The summed E-state index contributed by atoms with van der Waals surface area (Å²) in [6.45, 7) is 8.77. The second-order valence-electron chi connectivity index (χ2n) is 6.89. The summed E-state index contributed by atoms with van der Waals surface area (Å²) in [7, 11) is 0. The average Bonchev–Trinajstić information content (AvgIpc) is 2.93. The molecule has 0 bridgehead atoms. The van der Waals surface area contributed by atoms with E-state index >= 15 is 0 Å². The van der Waals surface area contributed by atoms with Crippen molar-refractivity contribution in [3.8, 4) is 0 Å². The van der Waals surface area contributed by atoms with Gasteiger partial charge in [-0.15, -0.1) is 0 Å². The van der Waals surface area contributed by atoms with Crippen LogP contribution in [0.25, 0.3) is 0 Å². The summed E-state index contributed by atoms with van der Waals surface area (Å²) in [4.78, 5) is 25.7. The lowest BCUT2D eigenvalue weighted by atomic mass is 10.1. The minimum atomic E-state index is -0.862. The Morgan fingerprint density at radius 2 is 1.85 bits per heavy atom. The molecule has 1 saturated carbocycles. The Morgan fingerprint density at radius 3 is 2.35 bits per heavy atom. The number of rotatable bonds is 5. The highest BCUT2D eigenvalue weighted by molar-refractivity contribution is 5.91. The zero-order valence-corrected chi connectivity index (χ0v) is 12.7. The van der Waals surface area contributed by atoms with Crippen LogP contribution in [0.3, 0.4) is 0 Å². The number of amides is 1. The van der Waals surface area contributed by atoms with E-state index in [2.05, 4.69) is 10.2 Å². The molecule has 1 aliphatic heterocycles. The number of likely N-dealkylation sites (tertiary alicyclic amines) is 1. The lowest BCUT2D eigenvalue weighted by molar-refractivity contribution is -0.140. The van der Waals surface area contributed by atoms with Crippen LogP contribution in [0.1, 0.15) is 40.0 Å². The van der Waals surface area contributed by atoms with E-state index in [1.807, 2.05) is 20.8 Å². The average molecular weight is 282 g/mol. The Morgan fingerprint density at radius 1 is 1.25 bits per heavy atom. The molecule has 1 unspecified atom stereocenters. The molecule has 20 heavy (non-hydrogen) atoms. The fourth-order valence-corrected chi connectivity index (χ4v) is 3.50. The topological polar surface area (TPSA) is 69.6 Å². The first-order chi connectivity index (χ1) is 9.34. The van der Waals surface area contributed by atoms with E-state index in [4.69, 9.17) is 5.11 Å². The van der Waals surface area contributed by atoms with Crippen LogP contribution >= 0.6 is 0 Å². The van der Waals surface area contributed by atoms with Crippen LogP contribution in [0.5, 0.6) is 0 Å². The highest BCUT2D eigenvalue weighted by Gasteiger charge is 2.65. The third kappa shape index (κ3) is 3.14. The van der Waals surface area contributed by atoms with Crippen LogP contribution in [0.4, 0.5) is 0 Å². The molecule has 0 radical (unpaired) electrons. The number of hydrogen-bond donors (Lipinski definition) is 2. The molecule has 3 atom stereocenters. The van der Waals surface area contributed by atoms with E-state index < -0.39 is 17.3 Å². The van der Waals surface area contributed by atoms with Crippen molar-refractivity contribution in [2.24, 2.45) is 17.3 Å². The second kappa shape index (κ2) is 5.72. The molecule has 2 aliphatic rings. The first-order valence-corrected chi connectivity index (χ1v) is 7.59. The first-order valence-electron chi connectivity index (χ1n) is 7.59. The first kappa shape index (κ1) is 15.3. The molecule has 2 rings (SSSR count). The van der Waals surface area contributed by atoms with E-state index in [1.165, 1.54) is 19.3 Å². The molecular weight excluding hydrogens is 256 g/mol. The number of piperidine rings is 1. The number of nitrogens with zero attached hydrogens (tertiary/aromatic N) is 1. The van der Waals surface area contributed by atoms with Crippen molar-refractivity contribution in [2.45, 2.75) is 46.1 Å². The van der Waals surface area contributed by atoms with Crippen LogP contribution < -0.4 is 5.32 Å². The van der Waals surface area contributed by atoms with Gasteiger partial charge in [0.25, 0.3) is 0 Å². The van der Waals surface area contributed by atoms with Crippen LogP contribution in [-0.2, 0) is 9.59 Å². The zero-order valence-electron chi connectivity index (χ0n) is 12.7. The van der Waals surface area contributed by atoms with Gasteiger partial charge >= 0.3 is 5.97 Å². The SMILES string of the molecule is CC(CN1CCCCC1)NC(=O)[C@H]1[C@@H](C(=O)O)C1(C)C. The van der Waals surface area contributed by atoms with Crippen molar-refractivity contribution in [1.82, 2.24) is 10.2 Å². The molecule has 0 aromatic rings. The van der Waals surface area contributed by atoms with Crippen LogP contribution in [-0.4, -0.2) is 47.6 Å². The number of carbonyl (C=O) groups is 2. The molecule has 0 spiro atoms. The summed E-state index contributed by atoms with van der Waals surface area (Å²) in [5, 5.41) is 12.1. The van der Waals surface area contributed by atoms with Crippen LogP contribution in [0.15, 0.2) is 0 Å². The number of carboxylic acid groups (broad SMARTS) is 1. The summed E-state index contributed by atoms with van der Waals surface area (Å²) >= 11 is 0. The van der Waals surface area contributed by atoms with Gasteiger partial charge in [-0.1, -0.05) is 20.3 Å². The molecule has 114 valence electrons. The summed E-state index contributed by atoms with van der Waals surface area (Å²) < 4.78 is 0. The molecule has 1 aliphatic carbocycles. The second-order valence-corrected chi connectivity index (χ2v) is 6.89. The summed E-state index contributed by atoms with van der Waals surface area (Å²) in [5.41, 5.74) is -0.416. The van der Waals surface area contributed by atoms with Crippen LogP contribution in [0.2, 0.25) is 0 Å². The number of carboxylic acids is 1. The predicted octanol–water partition coefficient (Wildman–Crippen LogP) is 1.33. The fourth-order valence-electron chi connectivity index (χ4n) is 3.50. The Balaban J connectivity index is 1.81. The van der Waals surface area contributed by atoms with Gasteiger partial charge in [0.05, 0.1) is 11.8 Å². The highest BCUT2D eigenvalue weighted by Crippen LogP contribution is 2.58. The van der Waals surface area contributed by atoms with E-state index in [9.17, 15) is 9.59 Å². The minimum absolute atomic E-state index is 0.0754. The predicted molar refractivity (Wildman–Crippen MR) is 76.3 cm³/mol. The molecule has 0 aromatic heterocycles. The smallest absolute Gasteiger partial charge is 0.307 e. The number of carbonyl (C=O) groups excluding carboxylic acids is 1. The van der Waals surface area contributed by atoms with E-state index in [-0.39, 0.29) is 17.9 Å². The third-order valence-corrected chi connectivity index (χ3v) is 4.75. The summed E-state index contributed by atoms with van der Waals surface area (Å²) in [6, 6.07) is 0.0754. The number of nitrogens with one attached hydrogen (secondary N) is 1. The molecule has 5 nitrogen and oxygen atoms in total. The normalized spacial score (nSPS) is 30.6. The fraction of sp³-hybridized carbons (Fsp3) is 0.867. The Kier molecular flexibility index (Phi) is 4.37. The molecular formula is C15H26N2O3. The lowest BCUT2D eigenvalue weighted by Gasteiger charge is -2.29. The van der Waals surface area contributed by atoms with Gasteiger partial charge in [0.2, 0.25) is 5.91 Å². The van der Waals surface area contributed by atoms with Gasteiger partial charge in [-0.3, -0.25) is 9.59 Å². The molecule has 2 fully saturated rings. The van der Waals surface area contributed by atoms with Crippen molar-refractivity contribution >= 4 is 11.9 Å². The molecule has 1 amide bonds. The van der Waals surface area contributed by atoms with Gasteiger partial charge in [-0.2, -0.15) is 0 Å². The van der Waals surface area contributed by atoms with Gasteiger partial charge in [-0.05, 0) is 38.3 Å². The van der Waals surface area contributed by atoms with Crippen molar-refractivity contribution in [3.63, 3.8) is 0 Å². The van der Waals surface area contributed by atoms with Gasteiger partial charge < -0.3 is 15.3 Å². The van der Waals surface area contributed by atoms with Gasteiger partial charge in [0, 0.05) is 12.6 Å². The Labute approximate surface area is 120 Å². The zero-order chi connectivity index (χ0) is 14.9. The molecule has 0 aromatic carbocycles. The monoisotopic (exact) mass is 282 g/mol. The summed E-state index contributed by atoms with van der Waals surface area (Å²) in [6.07, 6.45) is 3.77. The van der Waals surface area contributed by atoms with Crippen molar-refractivity contribution in [2.75, 3.05) is 19.6 Å². The summed E-state index contributed by atoms with van der Waals surface area (Å²) in [5.74, 6) is -1.89. The van der Waals surface area contributed by atoms with Crippen molar-refractivity contribution in [3.05, 3.63) is 0 Å². The molecule has 2 N–H and O–H groups in total. The standard InChI is InChI=1S/C15H26N2O3/c1-10(9-17-7-5-4-6-8-17)16-13(18)11-12(14(19)20)15(11,2)3/h10-12H,4-9H2,1-3H3,(H,16,18)(H,19,20)/t10?,11-,12+/m1/s1. The van der Waals surface area contributed by atoms with Gasteiger partial charge in [0.15, 0.2) is 0 Å². The molecule has 1 heterocycles. The van der Waals surface area contributed by atoms with Gasteiger partial charge in [0.1, 0.15) is 0 Å². The lowest BCUT2D eigenvalue weighted by Crippen LogP contribution is -2.44.